The number of carbonyl (C=O) groups excluding carboxylic acids is 1. The molecular formula is C36H40N2O4. The summed E-state index contributed by atoms with van der Waals surface area (Å²) < 4.78 is 0. The highest BCUT2D eigenvalue weighted by Gasteiger charge is 2.46. The molecule has 0 saturated carbocycles. The fourth-order valence-electron chi connectivity index (χ4n) is 5.84. The summed E-state index contributed by atoms with van der Waals surface area (Å²) in [7, 11) is 0. The summed E-state index contributed by atoms with van der Waals surface area (Å²) in [5, 5.41) is 33.2. The van der Waals surface area contributed by atoms with Gasteiger partial charge in [0, 0.05) is 13.1 Å². The molecule has 0 aliphatic carbocycles. The highest BCUT2D eigenvalue weighted by Crippen LogP contribution is 2.30. The number of benzene rings is 4. The molecule has 1 aliphatic heterocycles. The van der Waals surface area contributed by atoms with Crippen molar-refractivity contribution in [2.75, 3.05) is 0 Å². The van der Waals surface area contributed by atoms with Crippen molar-refractivity contribution in [3.8, 4) is 0 Å². The smallest absolute Gasteiger partial charge is 0.321 e. The number of nitrogens with zero attached hydrogens (tertiary/aromatic N) is 2. The van der Waals surface area contributed by atoms with E-state index in [0.717, 1.165) is 34.2 Å². The molecule has 4 atom stereocenters. The van der Waals surface area contributed by atoms with E-state index in [1.165, 1.54) is 5.56 Å². The number of aliphatic hydroxyl groups excluding tert-OH is 3. The molecule has 4 unspecified atom stereocenters. The number of hydrogen-bond acceptors (Lipinski definition) is 4. The maximum atomic E-state index is 14.7. The number of amides is 2. The molecule has 0 bridgehead atoms. The van der Waals surface area contributed by atoms with Gasteiger partial charge in [-0.1, -0.05) is 116 Å². The maximum Gasteiger partial charge on any atom is 0.321 e. The minimum atomic E-state index is -1.17. The second-order valence-corrected chi connectivity index (χ2v) is 11.2. The summed E-state index contributed by atoms with van der Waals surface area (Å²) in [4.78, 5) is 18.1. The van der Waals surface area contributed by atoms with E-state index in [0.29, 0.717) is 19.4 Å². The molecule has 3 N–H and O–H groups in total. The fraction of sp³-hybridized carbons (Fsp3) is 0.306. The lowest BCUT2D eigenvalue weighted by molar-refractivity contribution is -0.0408. The number of aliphatic hydroxyl groups is 3. The molecule has 1 heterocycles. The Bertz CT molecular complexity index is 1300. The molecule has 1 aliphatic rings. The van der Waals surface area contributed by atoms with E-state index < -0.39 is 24.3 Å². The van der Waals surface area contributed by atoms with Gasteiger partial charge in [0.1, 0.15) is 12.2 Å². The average molecular weight is 565 g/mol. The molecule has 0 spiro atoms. The van der Waals surface area contributed by atoms with Crippen molar-refractivity contribution in [2.24, 2.45) is 0 Å². The number of carbonyl (C=O) groups is 1. The van der Waals surface area contributed by atoms with Crippen LogP contribution < -0.4 is 0 Å². The van der Waals surface area contributed by atoms with Crippen molar-refractivity contribution in [3.05, 3.63) is 143 Å². The summed E-state index contributed by atoms with van der Waals surface area (Å²) in [5.41, 5.74) is 5.82. The van der Waals surface area contributed by atoms with Crippen LogP contribution in [-0.2, 0) is 39.0 Å². The minimum Gasteiger partial charge on any atom is -0.392 e. The highest BCUT2D eigenvalue weighted by atomic mass is 16.3. The van der Waals surface area contributed by atoms with Gasteiger partial charge in [-0.15, -0.1) is 0 Å². The lowest BCUT2D eigenvalue weighted by Crippen LogP contribution is -2.50. The molecule has 5 rings (SSSR count). The Morgan fingerprint density at radius 3 is 1.31 bits per heavy atom. The van der Waals surface area contributed by atoms with Gasteiger partial charge in [-0.05, 0) is 52.6 Å². The molecule has 0 radical (unpaired) electrons. The highest BCUT2D eigenvalue weighted by molar-refractivity contribution is 5.76. The first-order valence-electron chi connectivity index (χ1n) is 14.7. The van der Waals surface area contributed by atoms with Gasteiger partial charge >= 0.3 is 6.03 Å². The molecule has 4 aromatic carbocycles. The van der Waals surface area contributed by atoms with Gasteiger partial charge in [0.2, 0.25) is 0 Å². The van der Waals surface area contributed by atoms with Crippen molar-refractivity contribution in [3.63, 3.8) is 0 Å². The lowest BCUT2D eigenvalue weighted by Gasteiger charge is -2.36. The number of urea groups is 1. The summed E-state index contributed by atoms with van der Waals surface area (Å²) in [6, 6.07) is 33.8. The van der Waals surface area contributed by atoms with Crippen LogP contribution in [0.5, 0.6) is 0 Å². The maximum absolute atomic E-state index is 14.7. The first-order chi connectivity index (χ1) is 20.5. The van der Waals surface area contributed by atoms with Crippen LogP contribution in [-0.4, -0.2) is 55.4 Å². The largest absolute Gasteiger partial charge is 0.392 e. The summed E-state index contributed by atoms with van der Waals surface area (Å²) in [5.74, 6) is 0. The predicted molar refractivity (Wildman–Crippen MR) is 165 cm³/mol. The predicted octanol–water partition coefficient (Wildman–Crippen LogP) is 5.12. The third kappa shape index (κ3) is 6.90. The average Bonchev–Trinajstić information content (AvgIpc) is 3.10. The molecule has 6 nitrogen and oxygen atoms in total. The standard InChI is InChI=1S/C36H40N2O4/c1-2-26-13-15-29(16-14-26)23-37-32(21-27-9-5-3-6-10-27)34(40)35(41)33(22-28-11-7-4-8-12-28)38(36(37)42)24-30-17-19-31(25-39)20-18-30/h3-20,32-35,39-41H,2,21-25H2,1H3. The monoisotopic (exact) mass is 564 g/mol. The van der Waals surface area contributed by atoms with Crippen LogP contribution in [0.15, 0.2) is 109 Å². The Hall–Kier alpha value is -3.97. The third-order valence-electron chi connectivity index (χ3n) is 8.35. The van der Waals surface area contributed by atoms with Crippen molar-refractivity contribution in [2.45, 2.75) is 70.2 Å². The van der Waals surface area contributed by atoms with Gasteiger partial charge in [-0.2, -0.15) is 0 Å². The Morgan fingerprint density at radius 2 is 0.929 bits per heavy atom. The molecule has 2 amide bonds. The molecule has 0 aromatic heterocycles. The lowest BCUT2D eigenvalue weighted by atomic mass is 9.91. The van der Waals surface area contributed by atoms with Crippen LogP contribution in [0.4, 0.5) is 4.79 Å². The SMILES string of the molecule is CCc1ccc(CN2C(=O)N(Cc3ccc(CO)cc3)C(Cc3ccccc3)C(O)C(O)C2Cc2ccccc2)cc1. The molecule has 4 aromatic rings. The summed E-state index contributed by atoms with van der Waals surface area (Å²) >= 11 is 0. The molecular weight excluding hydrogens is 524 g/mol. The molecule has 1 saturated heterocycles. The van der Waals surface area contributed by atoms with Crippen molar-refractivity contribution in [1.29, 1.82) is 0 Å². The zero-order chi connectivity index (χ0) is 29.5. The Balaban J connectivity index is 1.56. The van der Waals surface area contributed by atoms with Crippen LogP contribution in [0.1, 0.15) is 40.3 Å². The van der Waals surface area contributed by atoms with Crippen LogP contribution >= 0.6 is 0 Å². The Morgan fingerprint density at radius 1 is 0.548 bits per heavy atom. The summed E-state index contributed by atoms with van der Waals surface area (Å²) in [6.45, 7) is 2.62. The quantitative estimate of drug-likeness (QED) is 0.250. The van der Waals surface area contributed by atoms with E-state index in [2.05, 4.69) is 19.1 Å². The van der Waals surface area contributed by atoms with E-state index in [1.807, 2.05) is 97.1 Å². The molecule has 1 fully saturated rings. The van der Waals surface area contributed by atoms with Crippen LogP contribution in [0, 0.1) is 0 Å². The van der Waals surface area contributed by atoms with Crippen LogP contribution in [0.2, 0.25) is 0 Å². The van der Waals surface area contributed by atoms with Gasteiger partial charge in [0.25, 0.3) is 0 Å². The number of rotatable bonds is 10. The van der Waals surface area contributed by atoms with Gasteiger partial charge in [0.15, 0.2) is 0 Å². The Kier molecular flexibility index (Phi) is 9.70. The van der Waals surface area contributed by atoms with Gasteiger partial charge in [0.05, 0.1) is 18.7 Å². The first-order valence-corrected chi connectivity index (χ1v) is 14.7. The zero-order valence-corrected chi connectivity index (χ0v) is 24.1. The van der Waals surface area contributed by atoms with Crippen LogP contribution in [0.25, 0.3) is 0 Å². The third-order valence-corrected chi connectivity index (χ3v) is 8.35. The van der Waals surface area contributed by atoms with Crippen molar-refractivity contribution < 1.29 is 20.1 Å². The van der Waals surface area contributed by atoms with E-state index in [-0.39, 0.29) is 19.2 Å². The van der Waals surface area contributed by atoms with Crippen molar-refractivity contribution in [1.82, 2.24) is 9.80 Å². The van der Waals surface area contributed by atoms with Gasteiger partial charge in [-0.25, -0.2) is 4.79 Å². The Labute approximate surface area is 248 Å². The first kappa shape index (κ1) is 29.5. The van der Waals surface area contributed by atoms with Crippen LogP contribution in [0.3, 0.4) is 0 Å². The van der Waals surface area contributed by atoms with Crippen molar-refractivity contribution >= 4 is 6.03 Å². The molecule has 6 heteroatoms. The zero-order valence-electron chi connectivity index (χ0n) is 24.1. The second kappa shape index (κ2) is 13.8. The van der Waals surface area contributed by atoms with Gasteiger partial charge < -0.3 is 25.1 Å². The summed E-state index contributed by atoms with van der Waals surface area (Å²) in [6.07, 6.45) is -0.605. The van der Waals surface area contributed by atoms with E-state index in [1.54, 1.807) is 9.80 Å². The number of aryl methyl sites for hydroxylation is 1. The number of hydrogen-bond donors (Lipinski definition) is 3. The van der Waals surface area contributed by atoms with Gasteiger partial charge in [-0.3, -0.25) is 0 Å². The second-order valence-electron chi connectivity index (χ2n) is 11.2. The molecule has 218 valence electrons. The minimum absolute atomic E-state index is 0.0593. The normalized spacial score (nSPS) is 20.9. The van der Waals surface area contributed by atoms with E-state index in [9.17, 15) is 20.1 Å². The molecule has 42 heavy (non-hydrogen) atoms. The fourth-order valence-corrected chi connectivity index (χ4v) is 5.84. The van der Waals surface area contributed by atoms with E-state index in [4.69, 9.17) is 0 Å². The topological polar surface area (TPSA) is 84.2 Å². The van der Waals surface area contributed by atoms with E-state index >= 15 is 0 Å².